The van der Waals surface area contributed by atoms with Crippen molar-refractivity contribution in [3.8, 4) is 0 Å². The minimum Gasteiger partial charge on any atom is -0.369 e. The van der Waals surface area contributed by atoms with E-state index in [-0.39, 0.29) is 5.41 Å². The van der Waals surface area contributed by atoms with Crippen molar-refractivity contribution in [3.05, 3.63) is 23.9 Å². The van der Waals surface area contributed by atoms with Gasteiger partial charge in [0.1, 0.15) is 5.82 Å². The summed E-state index contributed by atoms with van der Waals surface area (Å²) in [5, 5.41) is 3.34. The summed E-state index contributed by atoms with van der Waals surface area (Å²) in [4.78, 5) is 4.33. The van der Waals surface area contributed by atoms with Gasteiger partial charge >= 0.3 is 0 Å². The maximum Gasteiger partial charge on any atom is 0.211 e. The highest BCUT2D eigenvalue weighted by atomic mass is 32.2. The highest BCUT2D eigenvalue weighted by molar-refractivity contribution is 7.88. The minimum absolute atomic E-state index is 0.0742. The molecule has 2 aliphatic rings. The van der Waals surface area contributed by atoms with Crippen LogP contribution in [0.25, 0.3) is 0 Å². The van der Waals surface area contributed by atoms with E-state index in [2.05, 4.69) is 16.4 Å². The maximum absolute atomic E-state index is 11.5. The van der Waals surface area contributed by atoms with Gasteiger partial charge in [0.05, 0.1) is 6.26 Å². The summed E-state index contributed by atoms with van der Waals surface area (Å²) in [7, 11) is -3.05. The molecule has 1 saturated heterocycles. The average Bonchev–Trinajstić information content (AvgIpc) is 2.69. The van der Waals surface area contributed by atoms with Crippen LogP contribution in [0.5, 0.6) is 0 Å². The van der Waals surface area contributed by atoms with Crippen molar-refractivity contribution < 1.29 is 8.42 Å². The lowest BCUT2D eigenvalue weighted by atomic mass is 9.75. The quantitative estimate of drug-likeness (QED) is 0.817. The molecular formula is C12H17N3O2S. The summed E-state index contributed by atoms with van der Waals surface area (Å²) in [6, 6.07) is 4.06. The van der Waals surface area contributed by atoms with Crippen molar-refractivity contribution in [2.75, 3.05) is 31.2 Å². The van der Waals surface area contributed by atoms with Gasteiger partial charge in [0.2, 0.25) is 10.0 Å². The van der Waals surface area contributed by atoms with Gasteiger partial charge in [-0.25, -0.2) is 17.7 Å². The van der Waals surface area contributed by atoms with Crippen LogP contribution in [0.1, 0.15) is 18.4 Å². The number of fused-ring (bicyclic) bond motifs is 2. The first-order valence-corrected chi connectivity index (χ1v) is 8.01. The Morgan fingerprint density at radius 1 is 1.39 bits per heavy atom. The number of anilines is 1. The van der Waals surface area contributed by atoms with Gasteiger partial charge in [-0.2, -0.15) is 0 Å². The van der Waals surface area contributed by atoms with Crippen molar-refractivity contribution in [2.24, 2.45) is 0 Å². The predicted octanol–water partition coefficient (Wildman–Crippen LogP) is 0.800. The monoisotopic (exact) mass is 267 g/mol. The predicted molar refractivity (Wildman–Crippen MR) is 70.1 cm³/mol. The van der Waals surface area contributed by atoms with Crippen LogP contribution in [0, 0.1) is 0 Å². The van der Waals surface area contributed by atoms with Gasteiger partial charge in [0.25, 0.3) is 0 Å². The molecule has 0 unspecified atom stereocenters. The number of rotatable bonds is 1. The second-order valence-electron chi connectivity index (χ2n) is 5.20. The number of hydrogen-bond acceptors (Lipinski definition) is 4. The molecule has 1 fully saturated rings. The molecule has 1 spiro atoms. The van der Waals surface area contributed by atoms with Crippen LogP contribution in [-0.2, 0) is 15.4 Å². The van der Waals surface area contributed by atoms with Crippen molar-refractivity contribution in [1.29, 1.82) is 0 Å². The zero-order valence-electron chi connectivity index (χ0n) is 10.4. The molecule has 3 rings (SSSR count). The summed E-state index contributed by atoms with van der Waals surface area (Å²) in [6.45, 7) is 2.08. The van der Waals surface area contributed by atoms with Gasteiger partial charge in [-0.1, -0.05) is 6.07 Å². The molecule has 1 aromatic rings. The van der Waals surface area contributed by atoms with Crippen molar-refractivity contribution in [2.45, 2.75) is 18.3 Å². The van der Waals surface area contributed by atoms with E-state index in [1.165, 1.54) is 11.8 Å². The van der Waals surface area contributed by atoms with Crippen LogP contribution >= 0.6 is 0 Å². The summed E-state index contributed by atoms with van der Waals surface area (Å²) in [5.41, 5.74) is 1.32. The van der Waals surface area contributed by atoms with E-state index < -0.39 is 10.0 Å². The zero-order valence-corrected chi connectivity index (χ0v) is 11.2. The molecule has 0 radical (unpaired) electrons. The van der Waals surface area contributed by atoms with E-state index in [0.29, 0.717) is 13.1 Å². The Kier molecular flexibility index (Phi) is 2.60. The number of pyridine rings is 1. The number of nitrogens with zero attached hydrogens (tertiary/aromatic N) is 2. The Morgan fingerprint density at radius 3 is 2.78 bits per heavy atom. The van der Waals surface area contributed by atoms with Gasteiger partial charge in [-0.3, -0.25) is 0 Å². The molecule has 98 valence electrons. The van der Waals surface area contributed by atoms with Crippen molar-refractivity contribution in [1.82, 2.24) is 9.29 Å². The van der Waals surface area contributed by atoms with E-state index in [1.807, 2.05) is 6.07 Å². The molecule has 0 aromatic carbocycles. The Bertz CT molecular complexity index is 562. The summed E-state index contributed by atoms with van der Waals surface area (Å²) >= 11 is 0. The van der Waals surface area contributed by atoms with E-state index in [0.717, 1.165) is 25.2 Å². The van der Waals surface area contributed by atoms with E-state index in [1.54, 1.807) is 10.5 Å². The van der Waals surface area contributed by atoms with E-state index in [4.69, 9.17) is 0 Å². The van der Waals surface area contributed by atoms with Gasteiger partial charge in [0, 0.05) is 36.8 Å². The molecule has 0 bridgehead atoms. The molecule has 6 heteroatoms. The Hall–Kier alpha value is -1.14. The molecule has 1 aromatic heterocycles. The molecule has 18 heavy (non-hydrogen) atoms. The summed E-state index contributed by atoms with van der Waals surface area (Å²) < 4.78 is 24.6. The van der Waals surface area contributed by atoms with Crippen LogP contribution in [0.4, 0.5) is 5.82 Å². The topological polar surface area (TPSA) is 62.3 Å². The lowest BCUT2D eigenvalue weighted by Gasteiger charge is -2.38. The minimum atomic E-state index is -3.05. The highest BCUT2D eigenvalue weighted by Crippen LogP contribution is 2.43. The Labute approximate surface area is 107 Å². The second-order valence-corrected chi connectivity index (χ2v) is 7.18. The number of nitrogens with one attached hydrogen (secondary N) is 1. The molecule has 1 N–H and O–H groups in total. The first-order chi connectivity index (χ1) is 8.51. The normalized spacial score (nSPS) is 22.7. The lowest BCUT2D eigenvalue weighted by Crippen LogP contribution is -2.45. The van der Waals surface area contributed by atoms with Gasteiger partial charge in [-0.05, 0) is 18.9 Å². The van der Waals surface area contributed by atoms with Crippen molar-refractivity contribution in [3.63, 3.8) is 0 Å². The maximum atomic E-state index is 11.5. The molecule has 0 atom stereocenters. The van der Waals surface area contributed by atoms with E-state index in [9.17, 15) is 8.42 Å². The second kappa shape index (κ2) is 3.93. The number of hydrogen-bond donors (Lipinski definition) is 1. The largest absolute Gasteiger partial charge is 0.369 e. The molecule has 0 amide bonds. The Balaban J connectivity index is 1.85. The molecule has 0 saturated carbocycles. The number of aromatic nitrogens is 1. The van der Waals surface area contributed by atoms with Crippen LogP contribution in [0.2, 0.25) is 0 Å². The standard InChI is InChI=1S/C12H17N3O2S/c1-18(16,17)15-7-4-12(5-8-15)9-14-11-10(12)3-2-6-13-11/h2-3,6H,4-5,7-9H2,1H3,(H,13,14). The molecular weight excluding hydrogens is 250 g/mol. The van der Waals surface area contributed by atoms with Gasteiger partial charge in [-0.15, -0.1) is 0 Å². The average molecular weight is 267 g/mol. The summed E-state index contributed by atoms with van der Waals surface area (Å²) in [6.07, 6.45) is 4.81. The first-order valence-electron chi connectivity index (χ1n) is 6.16. The third kappa shape index (κ3) is 1.80. The smallest absolute Gasteiger partial charge is 0.211 e. The fourth-order valence-electron chi connectivity index (χ4n) is 3.01. The third-order valence-corrected chi connectivity index (χ3v) is 5.43. The van der Waals surface area contributed by atoms with Crippen LogP contribution in [0.3, 0.4) is 0 Å². The van der Waals surface area contributed by atoms with Gasteiger partial charge < -0.3 is 5.32 Å². The lowest BCUT2D eigenvalue weighted by molar-refractivity contribution is 0.250. The Morgan fingerprint density at radius 2 is 2.11 bits per heavy atom. The fourth-order valence-corrected chi connectivity index (χ4v) is 3.86. The molecule has 5 nitrogen and oxygen atoms in total. The number of piperidine rings is 1. The molecule has 0 aliphatic carbocycles. The molecule has 3 heterocycles. The van der Waals surface area contributed by atoms with Crippen LogP contribution in [0.15, 0.2) is 18.3 Å². The third-order valence-electron chi connectivity index (χ3n) is 4.12. The van der Waals surface area contributed by atoms with Crippen molar-refractivity contribution >= 4 is 15.8 Å². The van der Waals surface area contributed by atoms with E-state index >= 15 is 0 Å². The van der Waals surface area contributed by atoms with Crippen LogP contribution in [-0.4, -0.2) is 43.6 Å². The SMILES string of the molecule is CS(=O)(=O)N1CCC2(CC1)CNc1ncccc12. The molecule has 2 aliphatic heterocycles. The summed E-state index contributed by atoms with van der Waals surface area (Å²) in [5.74, 6) is 0.963. The first kappa shape index (κ1) is 11.9. The van der Waals surface area contributed by atoms with Gasteiger partial charge in [0.15, 0.2) is 0 Å². The zero-order chi connectivity index (χ0) is 12.8. The fraction of sp³-hybridized carbons (Fsp3) is 0.583. The van der Waals surface area contributed by atoms with Crippen LogP contribution < -0.4 is 5.32 Å². The highest BCUT2D eigenvalue weighted by Gasteiger charge is 2.43. The number of sulfonamides is 1.